The van der Waals surface area contributed by atoms with Crippen LogP contribution in [0.15, 0.2) is 182 Å². The summed E-state index contributed by atoms with van der Waals surface area (Å²) in [5.74, 6) is -1.76. The van der Waals surface area contributed by atoms with Crippen LogP contribution in [-0.4, -0.2) is 22.2 Å². The number of hydrogen-bond acceptors (Lipinski definition) is 2. The van der Waals surface area contributed by atoms with E-state index < -0.39 is 11.9 Å². The summed E-state index contributed by atoms with van der Waals surface area (Å²) in [5, 5.41) is 32.1. The number of rotatable bonds is 4. The Bertz CT molecular complexity index is 2740. The second-order valence-electron chi connectivity index (χ2n) is 13.1. The molecule has 0 fully saturated rings. The molecule has 0 atom stereocenters. The van der Waals surface area contributed by atoms with E-state index in [-0.39, 0.29) is 21.7 Å². The van der Waals surface area contributed by atoms with Crippen molar-refractivity contribution in [2.75, 3.05) is 0 Å². The van der Waals surface area contributed by atoms with Gasteiger partial charge in [0.25, 0.3) is 0 Å². The predicted octanol–water partition coefficient (Wildman–Crippen LogP) is 12.4. The van der Waals surface area contributed by atoms with Crippen molar-refractivity contribution in [2.45, 2.75) is 6.42 Å². The molecule has 0 amide bonds. The molecule has 0 saturated carbocycles. The molecule has 10 aromatic carbocycles. The van der Waals surface area contributed by atoms with Crippen LogP contribution < -0.4 is 0 Å². The van der Waals surface area contributed by atoms with E-state index in [1.54, 1.807) is 24.3 Å². The van der Waals surface area contributed by atoms with E-state index in [1.165, 1.54) is 54.2 Å². The molecule has 0 aliphatic heterocycles. The zero-order valence-corrected chi connectivity index (χ0v) is 30.8. The van der Waals surface area contributed by atoms with Gasteiger partial charge in [-0.3, -0.25) is 0 Å². The Morgan fingerprint density at radius 2 is 0.722 bits per heavy atom. The second kappa shape index (κ2) is 15.7. The summed E-state index contributed by atoms with van der Waals surface area (Å²) in [6.07, 6.45) is 0.960. The molecule has 2 N–H and O–H groups in total. The summed E-state index contributed by atoms with van der Waals surface area (Å²) in [6, 6.07) is 61.0. The summed E-state index contributed by atoms with van der Waals surface area (Å²) in [7, 11) is 0. The third-order valence-electron chi connectivity index (χ3n) is 9.92. The summed E-state index contributed by atoms with van der Waals surface area (Å²) >= 11 is 0. The van der Waals surface area contributed by atoms with Crippen LogP contribution in [0, 0.1) is 0 Å². The van der Waals surface area contributed by atoms with Crippen molar-refractivity contribution >= 4 is 76.6 Å². The molecule has 0 unspecified atom stereocenters. The molecule has 0 aromatic heterocycles. The molecular weight excluding hydrogens is 700 g/mol. The van der Waals surface area contributed by atoms with Crippen molar-refractivity contribution in [1.29, 1.82) is 0 Å². The SMILES string of the molecule is O=C(O)c1cccc2ccccc12.O=C(O)c1cccc2ccccc12.[Ti+2].c1ccc2c(c1)[cH-]c1c(Cc3cccc4c3[cH-]c3ccccc34)cccc12. The quantitative estimate of drug-likeness (QED) is 0.139. The fourth-order valence-electron chi connectivity index (χ4n) is 7.42. The minimum absolute atomic E-state index is 0. The average Bonchev–Trinajstić information content (AvgIpc) is 3.78. The minimum atomic E-state index is -0.878. The van der Waals surface area contributed by atoms with Crippen LogP contribution in [0.4, 0.5) is 0 Å². The van der Waals surface area contributed by atoms with Gasteiger partial charge in [-0.2, -0.15) is 0 Å². The summed E-state index contributed by atoms with van der Waals surface area (Å²) in [6.45, 7) is 0. The van der Waals surface area contributed by atoms with E-state index in [0.717, 1.165) is 28.0 Å². The van der Waals surface area contributed by atoms with E-state index in [4.69, 9.17) is 10.2 Å². The van der Waals surface area contributed by atoms with Crippen molar-refractivity contribution in [1.82, 2.24) is 0 Å². The first-order chi connectivity index (χ1) is 26.0. The van der Waals surface area contributed by atoms with Gasteiger partial charge in [0.05, 0.1) is 11.1 Å². The number of benzene rings is 8. The van der Waals surface area contributed by atoms with E-state index in [0.29, 0.717) is 11.1 Å². The smallest absolute Gasteiger partial charge is 0.478 e. The predicted molar refractivity (Wildman–Crippen MR) is 219 cm³/mol. The van der Waals surface area contributed by atoms with Crippen molar-refractivity contribution in [2.24, 2.45) is 0 Å². The first-order valence-electron chi connectivity index (χ1n) is 17.5. The molecule has 0 radical (unpaired) electrons. The molecule has 0 heterocycles. The van der Waals surface area contributed by atoms with Crippen LogP contribution in [-0.2, 0) is 28.1 Å². The molecule has 0 bridgehead atoms. The van der Waals surface area contributed by atoms with Gasteiger partial charge in [-0.1, -0.05) is 152 Å². The van der Waals surface area contributed by atoms with Gasteiger partial charge in [-0.05, 0) is 33.7 Å². The minimum Gasteiger partial charge on any atom is -0.478 e. The van der Waals surface area contributed by atoms with Gasteiger partial charge in [0.1, 0.15) is 0 Å². The van der Waals surface area contributed by atoms with Crippen molar-refractivity contribution in [3.63, 3.8) is 0 Å². The largest absolute Gasteiger partial charge is 2.00 e. The zero-order chi connectivity index (χ0) is 36.3. The second-order valence-corrected chi connectivity index (χ2v) is 13.1. The van der Waals surface area contributed by atoms with Crippen LogP contribution in [0.2, 0.25) is 0 Å². The molecule has 0 spiro atoms. The molecule has 258 valence electrons. The number of fused-ring (bicyclic) bond motifs is 8. The molecule has 10 rings (SSSR count). The Labute approximate surface area is 327 Å². The number of carboxylic acids is 2. The van der Waals surface area contributed by atoms with E-state index in [9.17, 15) is 9.59 Å². The van der Waals surface area contributed by atoms with Gasteiger partial charge in [0, 0.05) is 0 Å². The van der Waals surface area contributed by atoms with Crippen LogP contribution in [0.25, 0.3) is 64.6 Å². The van der Waals surface area contributed by atoms with E-state index in [1.807, 2.05) is 60.7 Å². The van der Waals surface area contributed by atoms with Crippen molar-refractivity contribution < 1.29 is 41.5 Å². The molecular formula is C49H34O4Ti. The third kappa shape index (κ3) is 7.05. The Kier molecular flexibility index (Phi) is 10.5. The topological polar surface area (TPSA) is 74.6 Å². The number of hydrogen-bond donors (Lipinski definition) is 2. The molecule has 10 aromatic rings. The number of carbonyl (C=O) groups is 2. The van der Waals surface area contributed by atoms with Crippen LogP contribution >= 0.6 is 0 Å². The summed E-state index contributed by atoms with van der Waals surface area (Å²) in [5.41, 5.74) is 3.53. The summed E-state index contributed by atoms with van der Waals surface area (Å²) < 4.78 is 0. The summed E-state index contributed by atoms with van der Waals surface area (Å²) in [4.78, 5) is 21.6. The Morgan fingerprint density at radius 3 is 1.15 bits per heavy atom. The van der Waals surface area contributed by atoms with Gasteiger partial charge in [-0.15, -0.1) is 78.5 Å². The van der Waals surface area contributed by atoms with Crippen LogP contribution in [0.3, 0.4) is 0 Å². The zero-order valence-electron chi connectivity index (χ0n) is 29.2. The number of aromatic carboxylic acids is 2. The number of carboxylic acid groups (broad SMARTS) is 2. The van der Waals surface area contributed by atoms with Gasteiger partial charge < -0.3 is 10.2 Å². The molecule has 5 heteroatoms. The van der Waals surface area contributed by atoms with Gasteiger partial charge in [0.2, 0.25) is 0 Å². The van der Waals surface area contributed by atoms with Crippen LogP contribution in [0.1, 0.15) is 31.8 Å². The van der Waals surface area contributed by atoms with Gasteiger partial charge in [0.15, 0.2) is 0 Å². The maximum atomic E-state index is 10.8. The van der Waals surface area contributed by atoms with Gasteiger partial charge >= 0.3 is 33.7 Å². The Hall–Kier alpha value is -6.33. The van der Waals surface area contributed by atoms with Crippen molar-refractivity contribution in [3.05, 3.63) is 204 Å². The van der Waals surface area contributed by atoms with Crippen molar-refractivity contribution in [3.8, 4) is 0 Å². The normalized spacial score (nSPS) is 10.8. The maximum Gasteiger partial charge on any atom is 2.00 e. The monoisotopic (exact) mass is 734 g/mol. The standard InChI is InChI=1S/C27H18.2C11H8O2.Ti/c1-3-11-22-20(7-1)16-26-18(9-5-13-24(22)26)15-19-10-6-14-25-23-12-4-2-8-21(23)17-27(19)25;2*12-11(13)10-7-3-5-8-4-1-2-6-9(8)10;/h1-14,16-17H,15H2;2*1-7H,(H,12,13);/q-2;;;+2. The fraction of sp³-hybridized carbons (Fsp3) is 0.0204. The fourth-order valence-corrected chi connectivity index (χ4v) is 7.42. The Morgan fingerprint density at radius 1 is 0.389 bits per heavy atom. The molecule has 0 aliphatic carbocycles. The van der Waals surface area contributed by atoms with Gasteiger partial charge in [-0.25, -0.2) is 9.59 Å². The first-order valence-corrected chi connectivity index (χ1v) is 17.5. The Balaban J connectivity index is 0.000000140. The average molecular weight is 735 g/mol. The van der Waals surface area contributed by atoms with E-state index >= 15 is 0 Å². The maximum absolute atomic E-state index is 10.8. The molecule has 4 nitrogen and oxygen atoms in total. The third-order valence-corrected chi connectivity index (χ3v) is 9.92. The molecule has 0 saturated heterocycles. The molecule has 54 heavy (non-hydrogen) atoms. The molecule has 0 aliphatic rings. The van der Waals surface area contributed by atoms with Crippen LogP contribution in [0.5, 0.6) is 0 Å². The van der Waals surface area contributed by atoms with E-state index in [2.05, 4.69) is 97.1 Å². The first kappa shape index (κ1) is 36.1.